The molecule has 3 heterocycles. The number of amides is 1. The van der Waals surface area contributed by atoms with E-state index in [2.05, 4.69) is 19.8 Å². The molecule has 0 unspecified atom stereocenters. The first-order valence-electron chi connectivity index (χ1n) is 7.62. The third kappa shape index (κ3) is 3.08. The third-order valence-corrected chi connectivity index (χ3v) is 4.35. The molecule has 0 saturated carbocycles. The minimum absolute atomic E-state index is 0.352. The molecule has 2 aliphatic rings. The third-order valence-electron chi connectivity index (χ3n) is 4.35. The summed E-state index contributed by atoms with van der Waals surface area (Å²) in [4.78, 5) is 24.8. The molecule has 3 rings (SSSR count). The highest BCUT2D eigenvalue weighted by Crippen LogP contribution is 2.22. The van der Waals surface area contributed by atoms with E-state index in [1.165, 1.54) is 6.42 Å². The molecule has 1 aromatic heterocycles. The van der Waals surface area contributed by atoms with Crippen molar-refractivity contribution >= 4 is 11.9 Å². The molecular weight excluding hydrogens is 252 g/mol. The van der Waals surface area contributed by atoms with Gasteiger partial charge in [0.2, 0.25) is 11.9 Å². The first-order chi connectivity index (χ1) is 9.83. The zero-order valence-electron chi connectivity index (χ0n) is 11.9. The molecular formula is C15H22N4O. The number of anilines is 1. The number of carbonyl (C=O) groups excluding carboxylic acids is 1. The topological polar surface area (TPSA) is 49.3 Å². The smallest absolute Gasteiger partial charge is 0.225 e. The van der Waals surface area contributed by atoms with E-state index in [4.69, 9.17) is 0 Å². The summed E-state index contributed by atoms with van der Waals surface area (Å²) < 4.78 is 0. The Bertz CT molecular complexity index is 442. The quantitative estimate of drug-likeness (QED) is 0.842. The van der Waals surface area contributed by atoms with Gasteiger partial charge in [0.1, 0.15) is 0 Å². The summed E-state index contributed by atoms with van der Waals surface area (Å²) >= 11 is 0. The van der Waals surface area contributed by atoms with Gasteiger partial charge >= 0.3 is 0 Å². The van der Waals surface area contributed by atoms with Gasteiger partial charge in [-0.15, -0.1) is 0 Å². The van der Waals surface area contributed by atoms with E-state index in [1.54, 1.807) is 12.4 Å². The van der Waals surface area contributed by atoms with Crippen LogP contribution in [0.4, 0.5) is 5.95 Å². The number of aromatic nitrogens is 2. The normalized spacial score (nSPS) is 21.3. The molecule has 0 bridgehead atoms. The predicted octanol–water partition coefficient (Wildman–Crippen LogP) is 1.71. The summed E-state index contributed by atoms with van der Waals surface area (Å²) in [5.74, 6) is 1.82. The number of rotatable bonds is 3. The molecule has 0 aromatic carbocycles. The van der Waals surface area contributed by atoms with Crippen molar-refractivity contribution in [3.8, 4) is 0 Å². The van der Waals surface area contributed by atoms with Crippen molar-refractivity contribution in [3.63, 3.8) is 0 Å². The Kier molecular flexibility index (Phi) is 4.14. The second-order valence-electron chi connectivity index (χ2n) is 5.78. The number of carbonyl (C=O) groups is 1. The molecule has 20 heavy (non-hydrogen) atoms. The van der Waals surface area contributed by atoms with Gasteiger partial charge in [0.25, 0.3) is 0 Å². The molecule has 108 valence electrons. The van der Waals surface area contributed by atoms with Crippen LogP contribution in [0.2, 0.25) is 0 Å². The van der Waals surface area contributed by atoms with Gasteiger partial charge in [-0.2, -0.15) is 0 Å². The molecule has 0 N–H and O–H groups in total. The van der Waals surface area contributed by atoms with Crippen molar-refractivity contribution in [1.29, 1.82) is 0 Å². The van der Waals surface area contributed by atoms with Crippen LogP contribution in [-0.2, 0) is 4.79 Å². The summed E-state index contributed by atoms with van der Waals surface area (Å²) in [6.45, 7) is 3.90. The van der Waals surface area contributed by atoms with Crippen molar-refractivity contribution in [2.45, 2.75) is 32.1 Å². The lowest BCUT2D eigenvalue weighted by atomic mass is 9.95. The Balaban J connectivity index is 1.50. The number of hydrogen-bond donors (Lipinski definition) is 0. The Hall–Kier alpha value is -1.65. The van der Waals surface area contributed by atoms with Gasteiger partial charge in [-0.05, 0) is 37.7 Å². The average Bonchev–Trinajstić information content (AvgIpc) is 2.51. The maximum Gasteiger partial charge on any atom is 0.225 e. The zero-order chi connectivity index (χ0) is 13.8. The second kappa shape index (κ2) is 6.20. The van der Waals surface area contributed by atoms with Crippen molar-refractivity contribution in [2.24, 2.45) is 5.92 Å². The molecule has 0 radical (unpaired) electrons. The summed E-state index contributed by atoms with van der Waals surface area (Å²) in [5, 5.41) is 0. The molecule has 0 atom stereocenters. The Morgan fingerprint density at radius 2 is 1.85 bits per heavy atom. The lowest BCUT2D eigenvalue weighted by molar-refractivity contribution is -0.134. The predicted molar refractivity (Wildman–Crippen MR) is 77.4 cm³/mol. The molecule has 5 nitrogen and oxygen atoms in total. The van der Waals surface area contributed by atoms with Crippen LogP contribution in [0.1, 0.15) is 32.1 Å². The summed E-state index contributed by atoms with van der Waals surface area (Å²) in [5.41, 5.74) is 0. The maximum absolute atomic E-state index is 11.8. The van der Waals surface area contributed by atoms with Gasteiger partial charge in [-0.1, -0.05) is 0 Å². The van der Waals surface area contributed by atoms with Crippen LogP contribution in [0.25, 0.3) is 0 Å². The highest BCUT2D eigenvalue weighted by molar-refractivity contribution is 5.76. The largest absolute Gasteiger partial charge is 0.342 e. The lowest BCUT2D eigenvalue weighted by Crippen LogP contribution is -2.43. The van der Waals surface area contributed by atoms with Gasteiger partial charge in [0.15, 0.2) is 0 Å². The molecule has 2 aliphatic heterocycles. The Morgan fingerprint density at radius 3 is 2.55 bits per heavy atom. The van der Waals surface area contributed by atoms with Gasteiger partial charge in [0.05, 0.1) is 0 Å². The van der Waals surface area contributed by atoms with E-state index in [0.29, 0.717) is 11.8 Å². The van der Waals surface area contributed by atoms with Gasteiger partial charge < -0.3 is 9.80 Å². The summed E-state index contributed by atoms with van der Waals surface area (Å²) in [7, 11) is 0. The standard InChI is InChI=1S/C15H22N4O/c20-14-4-1-2-9-19(14)12-13-5-10-18(11-6-13)15-16-7-3-8-17-15/h3,7-8,13H,1-2,4-6,9-12H2. The van der Waals surface area contributed by atoms with Gasteiger partial charge in [-0.3, -0.25) is 4.79 Å². The molecule has 0 aliphatic carbocycles. The van der Waals surface area contributed by atoms with Crippen LogP contribution < -0.4 is 4.90 Å². The van der Waals surface area contributed by atoms with Gasteiger partial charge in [-0.25, -0.2) is 9.97 Å². The number of hydrogen-bond acceptors (Lipinski definition) is 4. The van der Waals surface area contributed by atoms with Crippen LogP contribution in [0.15, 0.2) is 18.5 Å². The van der Waals surface area contributed by atoms with Crippen LogP contribution in [0, 0.1) is 5.92 Å². The first-order valence-corrected chi connectivity index (χ1v) is 7.62. The Morgan fingerprint density at radius 1 is 1.10 bits per heavy atom. The van der Waals surface area contributed by atoms with E-state index < -0.39 is 0 Å². The van der Waals surface area contributed by atoms with E-state index in [9.17, 15) is 4.79 Å². The highest BCUT2D eigenvalue weighted by atomic mass is 16.2. The molecule has 2 fully saturated rings. The second-order valence-corrected chi connectivity index (χ2v) is 5.78. The van der Waals surface area contributed by atoms with E-state index >= 15 is 0 Å². The monoisotopic (exact) mass is 274 g/mol. The van der Waals surface area contributed by atoms with E-state index in [-0.39, 0.29) is 0 Å². The minimum atomic E-state index is 0.352. The first kappa shape index (κ1) is 13.3. The van der Waals surface area contributed by atoms with Crippen molar-refractivity contribution in [1.82, 2.24) is 14.9 Å². The Labute approximate surface area is 120 Å². The molecule has 5 heteroatoms. The van der Waals surface area contributed by atoms with E-state index in [0.717, 1.165) is 57.8 Å². The van der Waals surface area contributed by atoms with Crippen LogP contribution >= 0.6 is 0 Å². The van der Waals surface area contributed by atoms with Gasteiger partial charge in [0, 0.05) is 45.0 Å². The van der Waals surface area contributed by atoms with Crippen LogP contribution in [0.5, 0.6) is 0 Å². The van der Waals surface area contributed by atoms with E-state index in [1.807, 2.05) is 6.07 Å². The van der Waals surface area contributed by atoms with Crippen molar-refractivity contribution in [3.05, 3.63) is 18.5 Å². The molecule has 1 amide bonds. The van der Waals surface area contributed by atoms with Crippen LogP contribution in [-0.4, -0.2) is 47.0 Å². The summed E-state index contributed by atoms with van der Waals surface area (Å²) in [6, 6.07) is 1.85. The number of likely N-dealkylation sites (tertiary alicyclic amines) is 1. The average molecular weight is 274 g/mol. The number of nitrogens with zero attached hydrogens (tertiary/aromatic N) is 4. The lowest BCUT2D eigenvalue weighted by Gasteiger charge is -2.36. The zero-order valence-corrected chi connectivity index (χ0v) is 11.9. The van der Waals surface area contributed by atoms with Crippen LogP contribution in [0.3, 0.4) is 0 Å². The fourth-order valence-electron chi connectivity index (χ4n) is 3.14. The number of piperidine rings is 2. The highest BCUT2D eigenvalue weighted by Gasteiger charge is 2.25. The molecule has 1 aromatic rings. The van der Waals surface area contributed by atoms with Crippen molar-refractivity contribution < 1.29 is 4.79 Å². The minimum Gasteiger partial charge on any atom is -0.342 e. The fraction of sp³-hybridized carbons (Fsp3) is 0.667. The maximum atomic E-state index is 11.8. The fourth-order valence-corrected chi connectivity index (χ4v) is 3.14. The van der Waals surface area contributed by atoms with Crippen molar-refractivity contribution in [2.75, 3.05) is 31.1 Å². The molecule has 0 spiro atoms. The molecule has 2 saturated heterocycles. The summed E-state index contributed by atoms with van der Waals surface area (Å²) in [6.07, 6.45) is 8.82. The SMILES string of the molecule is O=C1CCCCN1CC1CCN(c2ncccn2)CC1.